The maximum Gasteiger partial charge on any atom is 0.246 e. The van der Waals surface area contributed by atoms with Crippen molar-refractivity contribution in [1.29, 1.82) is 0 Å². The van der Waals surface area contributed by atoms with Gasteiger partial charge in [0.25, 0.3) is 0 Å². The Bertz CT molecular complexity index is 1080. The number of nitrogens with zero attached hydrogens (tertiary/aromatic N) is 1. The monoisotopic (exact) mass is 452 g/mol. The number of piperidine rings is 1. The lowest BCUT2D eigenvalue weighted by Gasteiger charge is -2.44. The van der Waals surface area contributed by atoms with Crippen molar-refractivity contribution in [2.45, 2.75) is 42.5 Å². The summed E-state index contributed by atoms with van der Waals surface area (Å²) in [5, 5.41) is 3.10. The lowest BCUT2D eigenvalue weighted by Crippen LogP contribution is -2.53. The molecule has 9 heteroatoms. The van der Waals surface area contributed by atoms with Crippen molar-refractivity contribution in [3.63, 3.8) is 0 Å². The Labute approximate surface area is 179 Å². The van der Waals surface area contributed by atoms with E-state index in [0.29, 0.717) is 6.07 Å². The Balaban J connectivity index is 1.42. The molecular weight excluding hydrogens is 429 g/mol. The van der Waals surface area contributed by atoms with Crippen molar-refractivity contribution >= 4 is 15.9 Å². The Morgan fingerprint density at radius 2 is 1.58 bits per heavy atom. The number of rotatable bonds is 5. The standard InChI is InChI=1S/C22H23F3N2O3S/c23-17-4-2-16(3-5-17)22(10-1-11-22)26-21(28)15-8-12-27(13-9-15)31(29,30)20-14-18(24)6-7-19(20)25/h2-7,14-15H,1,8-13H2,(H,26,28). The fourth-order valence-corrected chi connectivity index (χ4v) is 5.84. The summed E-state index contributed by atoms with van der Waals surface area (Å²) in [4.78, 5) is 12.2. The minimum atomic E-state index is -4.19. The molecule has 1 heterocycles. The molecule has 1 saturated heterocycles. The van der Waals surface area contributed by atoms with Gasteiger partial charge in [-0.15, -0.1) is 0 Å². The smallest absolute Gasteiger partial charge is 0.246 e. The van der Waals surface area contributed by atoms with Crippen LogP contribution in [0.4, 0.5) is 13.2 Å². The SMILES string of the molecule is O=C(NC1(c2ccc(F)cc2)CCC1)C1CCN(S(=O)(=O)c2cc(F)ccc2F)CC1. The Hall–Kier alpha value is -2.39. The van der Waals surface area contributed by atoms with Gasteiger partial charge in [0.1, 0.15) is 22.3 Å². The number of carbonyl (C=O) groups is 1. The van der Waals surface area contributed by atoms with E-state index >= 15 is 0 Å². The van der Waals surface area contributed by atoms with Crippen LogP contribution >= 0.6 is 0 Å². The Kier molecular flexibility index (Phi) is 5.83. The number of sulfonamides is 1. The highest BCUT2D eigenvalue weighted by molar-refractivity contribution is 7.89. The highest BCUT2D eigenvalue weighted by atomic mass is 32.2. The van der Waals surface area contributed by atoms with Crippen molar-refractivity contribution in [3.8, 4) is 0 Å². The van der Waals surface area contributed by atoms with Crippen LogP contribution < -0.4 is 5.32 Å². The van der Waals surface area contributed by atoms with Crippen molar-refractivity contribution in [3.05, 3.63) is 65.5 Å². The van der Waals surface area contributed by atoms with Gasteiger partial charge in [-0.25, -0.2) is 21.6 Å². The lowest BCUT2D eigenvalue weighted by molar-refractivity contribution is -0.129. The molecule has 2 aromatic carbocycles. The normalized spacial score (nSPS) is 19.6. The maximum absolute atomic E-state index is 14.0. The van der Waals surface area contributed by atoms with Crippen LogP contribution in [-0.2, 0) is 20.4 Å². The molecule has 0 aromatic heterocycles. The second-order valence-corrected chi connectivity index (χ2v) is 10.1. The van der Waals surface area contributed by atoms with Gasteiger partial charge in [0.05, 0.1) is 5.54 Å². The van der Waals surface area contributed by atoms with Gasteiger partial charge >= 0.3 is 0 Å². The molecule has 1 saturated carbocycles. The highest BCUT2D eigenvalue weighted by Crippen LogP contribution is 2.42. The molecule has 5 nitrogen and oxygen atoms in total. The second-order valence-electron chi connectivity index (χ2n) is 8.18. The van der Waals surface area contributed by atoms with Gasteiger partial charge in [0.15, 0.2) is 0 Å². The largest absolute Gasteiger partial charge is 0.346 e. The van der Waals surface area contributed by atoms with E-state index in [2.05, 4.69) is 5.32 Å². The highest BCUT2D eigenvalue weighted by Gasteiger charge is 2.42. The minimum absolute atomic E-state index is 0.0416. The van der Waals surface area contributed by atoms with Crippen molar-refractivity contribution in [1.82, 2.24) is 9.62 Å². The molecule has 31 heavy (non-hydrogen) atoms. The van der Waals surface area contributed by atoms with E-state index in [9.17, 15) is 26.4 Å². The maximum atomic E-state index is 14.0. The summed E-state index contributed by atoms with van der Waals surface area (Å²) in [6.07, 6.45) is 3.03. The molecule has 0 unspecified atom stereocenters. The first kappa shape index (κ1) is 21.8. The summed E-state index contributed by atoms with van der Waals surface area (Å²) in [6, 6.07) is 8.42. The first-order chi connectivity index (χ1) is 14.7. The second kappa shape index (κ2) is 8.27. The third-order valence-electron chi connectivity index (χ3n) is 6.30. The van der Waals surface area contributed by atoms with Gasteiger partial charge in [0.2, 0.25) is 15.9 Å². The molecule has 0 spiro atoms. The fraction of sp³-hybridized carbons (Fsp3) is 0.409. The molecule has 1 N–H and O–H groups in total. The number of benzene rings is 2. The van der Waals surface area contributed by atoms with E-state index in [4.69, 9.17) is 0 Å². The quantitative estimate of drug-likeness (QED) is 0.752. The van der Waals surface area contributed by atoms with E-state index in [1.165, 1.54) is 12.1 Å². The summed E-state index contributed by atoms with van der Waals surface area (Å²) >= 11 is 0. The molecule has 0 atom stereocenters. The molecule has 1 aliphatic heterocycles. The molecule has 1 amide bonds. The van der Waals surface area contributed by atoms with Gasteiger partial charge in [-0.05, 0) is 68.0 Å². The van der Waals surface area contributed by atoms with Crippen LogP contribution in [0.5, 0.6) is 0 Å². The van der Waals surface area contributed by atoms with Crippen LogP contribution in [0.15, 0.2) is 47.4 Å². The van der Waals surface area contributed by atoms with Crippen molar-refractivity contribution in [2.75, 3.05) is 13.1 Å². The average Bonchev–Trinajstić information content (AvgIpc) is 2.73. The molecule has 2 aromatic rings. The number of halogens is 3. The van der Waals surface area contributed by atoms with Gasteiger partial charge < -0.3 is 5.32 Å². The number of amides is 1. The molecule has 2 fully saturated rings. The number of nitrogens with one attached hydrogen (secondary N) is 1. The zero-order valence-corrected chi connectivity index (χ0v) is 17.6. The predicted octanol–water partition coefficient (Wildman–Crippen LogP) is 3.70. The molecule has 0 bridgehead atoms. The third kappa shape index (κ3) is 4.21. The average molecular weight is 452 g/mol. The van der Waals surface area contributed by atoms with E-state index < -0.39 is 32.1 Å². The van der Waals surface area contributed by atoms with E-state index in [-0.39, 0.29) is 43.6 Å². The molecular formula is C22H23F3N2O3S. The first-order valence-corrected chi connectivity index (χ1v) is 11.7. The number of carbonyl (C=O) groups excluding carboxylic acids is 1. The fourth-order valence-electron chi connectivity index (χ4n) is 4.30. The molecule has 4 rings (SSSR count). The summed E-state index contributed by atoms with van der Waals surface area (Å²) in [5.74, 6) is -2.74. The zero-order chi connectivity index (χ0) is 22.2. The molecule has 0 radical (unpaired) electrons. The minimum Gasteiger partial charge on any atom is -0.346 e. The summed E-state index contributed by atoms with van der Waals surface area (Å²) < 4.78 is 67.2. The molecule has 166 valence electrons. The van der Waals surface area contributed by atoms with Gasteiger partial charge in [0, 0.05) is 19.0 Å². The number of hydrogen-bond acceptors (Lipinski definition) is 3. The zero-order valence-electron chi connectivity index (χ0n) is 16.8. The topological polar surface area (TPSA) is 66.5 Å². The van der Waals surface area contributed by atoms with E-state index in [1.54, 1.807) is 12.1 Å². The van der Waals surface area contributed by atoms with Crippen molar-refractivity contribution < 1.29 is 26.4 Å². The Morgan fingerprint density at radius 1 is 0.968 bits per heavy atom. The summed E-state index contributed by atoms with van der Waals surface area (Å²) in [5.41, 5.74) is 0.341. The van der Waals surface area contributed by atoms with Gasteiger partial charge in [-0.2, -0.15) is 4.31 Å². The van der Waals surface area contributed by atoms with Crippen LogP contribution in [0.3, 0.4) is 0 Å². The van der Waals surface area contributed by atoms with E-state index in [1.807, 2.05) is 0 Å². The predicted molar refractivity (Wildman–Crippen MR) is 108 cm³/mol. The lowest BCUT2D eigenvalue weighted by atomic mass is 9.71. The van der Waals surface area contributed by atoms with Crippen LogP contribution in [-0.4, -0.2) is 31.7 Å². The van der Waals surface area contributed by atoms with Crippen molar-refractivity contribution in [2.24, 2.45) is 5.92 Å². The first-order valence-electron chi connectivity index (χ1n) is 10.2. The Morgan fingerprint density at radius 3 is 2.16 bits per heavy atom. The summed E-state index contributed by atoms with van der Waals surface area (Å²) in [7, 11) is -4.19. The van der Waals surface area contributed by atoms with Gasteiger partial charge in [-0.1, -0.05) is 12.1 Å². The van der Waals surface area contributed by atoms with Crippen LogP contribution in [0.1, 0.15) is 37.7 Å². The van der Waals surface area contributed by atoms with E-state index in [0.717, 1.165) is 41.3 Å². The van der Waals surface area contributed by atoms with Crippen LogP contribution in [0.2, 0.25) is 0 Å². The summed E-state index contributed by atoms with van der Waals surface area (Å²) in [6.45, 7) is 0.0832. The number of hydrogen-bond donors (Lipinski definition) is 1. The van der Waals surface area contributed by atoms with Crippen LogP contribution in [0, 0.1) is 23.4 Å². The third-order valence-corrected chi connectivity index (χ3v) is 8.22. The molecule has 2 aliphatic rings. The van der Waals surface area contributed by atoms with Crippen LogP contribution in [0.25, 0.3) is 0 Å². The van der Waals surface area contributed by atoms with Gasteiger partial charge in [-0.3, -0.25) is 4.79 Å². The molecule has 1 aliphatic carbocycles.